The molecule has 3 aromatic rings. The molecule has 2 heterocycles. The van der Waals surface area contributed by atoms with Gasteiger partial charge in [-0.15, -0.1) is 13.2 Å². The highest BCUT2D eigenvalue weighted by atomic mass is 19.4. The molecule has 2 aliphatic rings. The lowest BCUT2D eigenvalue weighted by atomic mass is 9.76. The first-order chi connectivity index (χ1) is 19.3. The fraction of sp³-hybridized carbons (Fsp3) is 0.250. The molecule has 13 heteroatoms. The van der Waals surface area contributed by atoms with Gasteiger partial charge < -0.3 is 9.84 Å². The van der Waals surface area contributed by atoms with Crippen molar-refractivity contribution in [2.45, 2.75) is 31.3 Å². The number of nitro benzene ring substituents is 1. The quantitative estimate of drug-likeness (QED) is 0.244. The number of non-ortho nitro benzene ring substituents is 1. The van der Waals surface area contributed by atoms with Gasteiger partial charge in [-0.05, 0) is 41.8 Å². The van der Waals surface area contributed by atoms with E-state index in [0.717, 1.165) is 17.0 Å². The van der Waals surface area contributed by atoms with E-state index in [1.165, 1.54) is 36.4 Å². The first-order valence-electron chi connectivity index (χ1n) is 12.4. The van der Waals surface area contributed by atoms with E-state index in [1.807, 2.05) is 0 Å². The van der Waals surface area contributed by atoms with E-state index in [2.05, 4.69) is 10.1 Å². The first-order valence-corrected chi connectivity index (χ1v) is 12.4. The number of para-hydroxylation sites is 1. The first kappa shape index (κ1) is 27.8. The van der Waals surface area contributed by atoms with Crippen molar-refractivity contribution in [2.75, 3.05) is 4.90 Å². The van der Waals surface area contributed by atoms with Crippen LogP contribution < -0.4 is 15.0 Å². The van der Waals surface area contributed by atoms with Crippen molar-refractivity contribution in [2.24, 2.45) is 11.8 Å². The second-order valence-electron chi connectivity index (χ2n) is 9.92. The van der Waals surface area contributed by atoms with Crippen LogP contribution in [-0.4, -0.2) is 39.7 Å². The maximum absolute atomic E-state index is 14.0. The van der Waals surface area contributed by atoms with Crippen LogP contribution in [0.4, 0.5) is 24.5 Å². The van der Waals surface area contributed by atoms with Crippen molar-refractivity contribution in [1.29, 1.82) is 0 Å². The van der Waals surface area contributed by atoms with E-state index < -0.39 is 58.2 Å². The number of carbonyl (C=O) groups is 3. The normalized spacial score (nSPS) is 23.9. The number of hydrogen-bond donors (Lipinski definition) is 2. The number of nitrogens with zero attached hydrogens (tertiary/aromatic N) is 2. The van der Waals surface area contributed by atoms with Gasteiger partial charge in [-0.25, -0.2) is 4.90 Å². The Balaban J connectivity index is 1.64. The van der Waals surface area contributed by atoms with E-state index >= 15 is 0 Å². The Hall–Kier alpha value is -4.78. The average molecular weight is 569 g/mol. The molecule has 2 aliphatic heterocycles. The molecule has 5 rings (SSSR count). The van der Waals surface area contributed by atoms with Crippen LogP contribution >= 0.6 is 0 Å². The average Bonchev–Trinajstić information content (AvgIpc) is 3.38. The number of nitro groups is 1. The van der Waals surface area contributed by atoms with Crippen molar-refractivity contribution in [3.05, 3.63) is 99.6 Å². The number of carbonyl (C=O) groups excluding carboxylic acids is 2. The summed E-state index contributed by atoms with van der Waals surface area (Å²) in [5.41, 5.74) is -1.03. The fourth-order valence-electron chi connectivity index (χ4n) is 5.74. The number of halogens is 3. The summed E-state index contributed by atoms with van der Waals surface area (Å²) in [7, 11) is 0. The van der Waals surface area contributed by atoms with Crippen LogP contribution in [0.2, 0.25) is 0 Å². The van der Waals surface area contributed by atoms with Gasteiger partial charge in [-0.1, -0.05) is 42.5 Å². The SMILES string of the molecule is Cc1ccccc1N1C(=O)C2C(c3cccc(OC(F)(F)F)c3)NC(Cc3ccc([N+](=O)[O-])cc3)(C(=O)O)C2C1=O. The molecule has 0 saturated carbocycles. The van der Waals surface area contributed by atoms with Crippen molar-refractivity contribution < 1.29 is 42.3 Å². The zero-order chi connectivity index (χ0) is 29.7. The maximum atomic E-state index is 14.0. The van der Waals surface area contributed by atoms with Crippen LogP contribution in [0.3, 0.4) is 0 Å². The van der Waals surface area contributed by atoms with Gasteiger partial charge in [-0.3, -0.25) is 29.8 Å². The van der Waals surface area contributed by atoms with Crippen LogP contribution in [0.25, 0.3) is 0 Å². The molecule has 2 amide bonds. The number of nitrogens with one attached hydrogen (secondary N) is 1. The third-order valence-corrected chi connectivity index (χ3v) is 7.47. The van der Waals surface area contributed by atoms with Crippen molar-refractivity contribution in [3.8, 4) is 5.75 Å². The summed E-state index contributed by atoms with van der Waals surface area (Å²) < 4.78 is 42.9. The van der Waals surface area contributed by atoms with Crippen LogP contribution in [-0.2, 0) is 20.8 Å². The van der Waals surface area contributed by atoms with Gasteiger partial charge in [0.15, 0.2) is 0 Å². The zero-order valence-corrected chi connectivity index (χ0v) is 21.3. The van der Waals surface area contributed by atoms with Gasteiger partial charge in [0, 0.05) is 24.6 Å². The minimum atomic E-state index is -4.99. The molecular weight excluding hydrogens is 547 g/mol. The minimum Gasteiger partial charge on any atom is -0.480 e. The van der Waals surface area contributed by atoms with Gasteiger partial charge in [0.05, 0.1) is 22.4 Å². The van der Waals surface area contributed by atoms with Crippen molar-refractivity contribution in [3.63, 3.8) is 0 Å². The van der Waals surface area contributed by atoms with Gasteiger partial charge in [-0.2, -0.15) is 0 Å². The molecule has 2 saturated heterocycles. The Labute approximate surface area is 230 Å². The number of anilines is 1. The molecular formula is C28H22F3N3O7. The predicted molar refractivity (Wildman–Crippen MR) is 137 cm³/mol. The number of amides is 2. The second-order valence-corrected chi connectivity index (χ2v) is 9.92. The van der Waals surface area contributed by atoms with E-state index in [4.69, 9.17) is 0 Å². The molecule has 0 spiro atoms. The molecule has 0 bridgehead atoms. The van der Waals surface area contributed by atoms with Crippen LogP contribution in [0, 0.1) is 28.9 Å². The Morgan fingerprint density at radius 1 is 1.07 bits per heavy atom. The number of fused-ring (bicyclic) bond motifs is 1. The van der Waals surface area contributed by atoms with Crippen LogP contribution in [0.15, 0.2) is 72.8 Å². The third kappa shape index (κ3) is 4.88. The van der Waals surface area contributed by atoms with E-state index in [9.17, 15) is 42.8 Å². The monoisotopic (exact) mass is 569 g/mol. The minimum absolute atomic E-state index is 0.112. The van der Waals surface area contributed by atoms with Gasteiger partial charge in [0.1, 0.15) is 11.3 Å². The number of benzene rings is 3. The number of carboxylic acids is 1. The highest BCUT2D eigenvalue weighted by Crippen LogP contribution is 2.51. The molecule has 0 aliphatic carbocycles. The summed E-state index contributed by atoms with van der Waals surface area (Å²) in [4.78, 5) is 52.3. The molecule has 212 valence electrons. The lowest BCUT2D eigenvalue weighted by Gasteiger charge is -2.31. The van der Waals surface area contributed by atoms with Crippen molar-refractivity contribution in [1.82, 2.24) is 5.32 Å². The summed E-state index contributed by atoms with van der Waals surface area (Å²) >= 11 is 0. The highest BCUT2D eigenvalue weighted by molar-refractivity contribution is 6.24. The lowest BCUT2D eigenvalue weighted by molar-refractivity contribution is -0.384. The van der Waals surface area contributed by atoms with Crippen LogP contribution in [0.5, 0.6) is 5.75 Å². The molecule has 2 fully saturated rings. The summed E-state index contributed by atoms with van der Waals surface area (Å²) in [6, 6.07) is 15.2. The maximum Gasteiger partial charge on any atom is 0.573 e. The standard InChI is InChI=1S/C28H22F3N3O7/c1-15-5-2-3-8-20(15)33-24(35)21-22(25(33)36)27(26(37)38,14-16-9-11-18(12-10-16)34(39)40)32-23(21)17-6-4-7-19(13-17)41-28(29,30)31/h2-13,21-23,32H,14H2,1H3,(H,37,38). The Morgan fingerprint density at radius 3 is 2.37 bits per heavy atom. The topological polar surface area (TPSA) is 139 Å². The lowest BCUT2D eigenvalue weighted by Crippen LogP contribution is -2.57. The number of imide groups is 1. The largest absolute Gasteiger partial charge is 0.573 e. The van der Waals surface area contributed by atoms with E-state index in [0.29, 0.717) is 11.1 Å². The number of hydrogen-bond acceptors (Lipinski definition) is 7. The predicted octanol–water partition coefficient (Wildman–Crippen LogP) is 4.32. The molecule has 3 aromatic carbocycles. The summed E-state index contributed by atoms with van der Waals surface area (Å²) in [6.45, 7) is 1.68. The number of rotatable bonds is 7. The number of alkyl halides is 3. The zero-order valence-electron chi connectivity index (χ0n) is 21.3. The molecule has 4 unspecified atom stereocenters. The summed E-state index contributed by atoms with van der Waals surface area (Å²) in [5.74, 6) is -6.29. The fourth-order valence-corrected chi connectivity index (χ4v) is 5.74. The molecule has 41 heavy (non-hydrogen) atoms. The molecule has 4 atom stereocenters. The molecule has 10 nitrogen and oxygen atoms in total. The van der Waals surface area contributed by atoms with E-state index in [1.54, 1.807) is 31.2 Å². The van der Waals surface area contributed by atoms with Crippen LogP contribution in [0.1, 0.15) is 22.7 Å². The smallest absolute Gasteiger partial charge is 0.480 e. The Morgan fingerprint density at radius 2 is 1.76 bits per heavy atom. The molecule has 0 radical (unpaired) electrons. The summed E-state index contributed by atoms with van der Waals surface area (Å²) in [5, 5.41) is 24.6. The number of aliphatic carboxylic acids is 1. The molecule has 2 N–H and O–H groups in total. The number of ether oxygens (including phenoxy) is 1. The Bertz CT molecular complexity index is 1560. The number of carboxylic acid groups (broad SMARTS) is 1. The number of aryl methyl sites for hydroxylation is 1. The second kappa shape index (κ2) is 10.0. The van der Waals surface area contributed by atoms with E-state index in [-0.39, 0.29) is 23.4 Å². The highest BCUT2D eigenvalue weighted by Gasteiger charge is 2.68. The Kier molecular flexibility index (Phi) is 6.77. The third-order valence-electron chi connectivity index (χ3n) is 7.47. The van der Waals surface area contributed by atoms with Gasteiger partial charge in [0.2, 0.25) is 11.8 Å². The van der Waals surface area contributed by atoms with Gasteiger partial charge >= 0.3 is 12.3 Å². The summed E-state index contributed by atoms with van der Waals surface area (Å²) in [6.07, 6.45) is -5.34. The molecule has 0 aromatic heterocycles. The van der Waals surface area contributed by atoms with Gasteiger partial charge in [0.25, 0.3) is 5.69 Å². The van der Waals surface area contributed by atoms with Crippen molar-refractivity contribution >= 4 is 29.2 Å².